The molecule has 1 fully saturated rings. The average molecular weight is 407 g/mol. The highest BCUT2D eigenvalue weighted by Crippen LogP contribution is 2.45. The van der Waals surface area contributed by atoms with Crippen molar-refractivity contribution in [1.29, 1.82) is 0 Å². The number of halogens is 2. The van der Waals surface area contributed by atoms with Gasteiger partial charge in [0.2, 0.25) is 5.91 Å². The lowest BCUT2D eigenvalue weighted by atomic mass is 9.98. The van der Waals surface area contributed by atoms with Crippen molar-refractivity contribution < 1.29 is 13.6 Å². The molecule has 154 valence electrons. The standard InChI is InChI=1S/C24H23F2N3O/c1-15(30)28-13-12-22-21(14-28)23(16-4-8-19(25)9-5-16)27-29(22)24(17-2-3-17)18-6-10-20(26)11-7-18/h4-11,17,24H,2-3,12-14H2,1H3. The molecular weight excluding hydrogens is 384 g/mol. The molecule has 1 aliphatic heterocycles. The third kappa shape index (κ3) is 3.40. The Labute approximate surface area is 174 Å². The normalized spacial score (nSPS) is 17.0. The summed E-state index contributed by atoms with van der Waals surface area (Å²) in [6.07, 6.45) is 2.94. The molecule has 5 rings (SSSR count). The van der Waals surface area contributed by atoms with Crippen LogP contribution in [0.15, 0.2) is 48.5 Å². The summed E-state index contributed by atoms with van der Waals surface area (Å²) in [5, 5.41) is 5.01. The second-order valence-electron chi connectivity index (χ2n) is 8.25. The number of benzene rings is 2. The lowest BCUT2D eigenvalue weighted by Gasteiger charge is -2.28. The maximum absolute atomic E-state index is 13.5. The van der Waals surface area contributed by atoms with Crippen molar-refractivity contribution >= 4 is 5.91 Å². The molecule has 1 aliphatic carbocycles. The van der Waals surface area contributed by atoms with Gasteiger partial charge in [-0.25, -0.2) is 8.78 Å². The van der Waals surface area contributed by atoms with Gasteiger partial charge >= 0.3 is 0 Å². The highest BCUT2D eigenvalue weighted by Gasteiger charge is 2.38. The van der Waals surface area contributed by atoms with Crippen molar-refractivity contribution in [2.24, 2.45) is 5.92 Å². The molecule has 2 aromatic carbocycles. The number of aromatic nitrogens is 2. The van der Waals surface area contributed by atoms with Gasteiger partial charge in [-0.3, -0.25) is 9.48 Å². The van der Waals surface area contributed by atoms with E-state index in [0.29, 0.717) is 25.4 Å². The van der Waals surface area contributed by atoms with Crippen LogP contribution in [0.25, 0.3) is 11.3 Å². The number of hydrogen-bond acceptors (Lipinski definition) is 2. The van der Waals surface area contributed by atoms with E-state index in [1.807, 2.05) is 17.0 Å². The minimum atomic E-state index is -0.292. The maximum atomic E-state index is 13.5. The van der Waals surface area contributed by atoms with Crippen molar-refractivity contribution in [3.63, 3.8) is 0 Å². The van der Waals surface area contributed by atoms with Gasteiger partial charge in [0.25, 0.3) is 0 Å². The molecular formula is C24H23F2N3O. The SMILES string of the molecule is CC(=O)N1CCc2c(c(-c3ccc(F)cc3)nn2C(c2ccc(F)cc2)C2CC2)C1. The van der Waals surface area contributed by atoms with Crippen LogP contribution < -0.4 is 0 Å². The van der Waals surface area contributed by atoms with Gasteiger partial charge in [0.15, 0.2) is 0 Å². The van der Waals surface area contributed by atoms with Gasteiger partial charge < -0.3 is 4.90 Å². The first-order chi connectivity index (χ1) is 14.5. The Bertz CT molecular complexity index is 1080. The molecule has 2 aliphatic rings. The fourth-order valence-corrected chi connectivity index (χ4v) is 4.47. The van der Waals surface area contributed by atoms with Crippen LogP contribution >= 0.6 is 0 Å². The second-order valence-corrected chi connectivity index (χ2v) is 8.25. The fraction of sp³-hybridized carbons (Fsp3) is 0.333. The lowest BCUT2D eigenvalue weighted by molar-refractivity contribution is -0.129. The molecule has 1 aromatic heterocycles. The van der Waals surface area contributed by atoms with Crippen LogP contribution in [0.2, 0.25) is 0 Å². The van der Waals surface area contributed by atoms with Crippen LogP contribution in [0.5, 0.6) is 0 Å². The van der Waals surface area contributed by atoms with Gasteiger partial charge in [-0.2, -0.15) is 5.10 Å². The number of rotatable bonds is 4. The number of amides is 1. The zero-order valence-corrected chi connectivity index (χ0v) is 16.8. The van der Waals surface area contributed by atoms with Crippen LogP contribution in [0.3, 0.4) is 0 Å². The number of carbonyl (C=O) groups excluding carboxylic acids is 1. The molecule has 0 N–H and O–H groups in total. The molecule has 2 heterocycles. The van der Waals surface area contributed by atoms with E-state index in [1.54, 1.807) is 19.1 Å². The van der Waals surface area contributed by atoms with E-state index in [9.17, 15) is 13.6 Å². The zero-order valence-electron chi connectivity index (χ0n) is 16.8. The second kappa shape index (κ2) is 7.35. The topological polar surface area (TPSA) is 38.1 Å². The Morgan fingerprint density at radius 1 is 1.03 bits per heavy atom. The molecule has 0 saturated heterocycles. The smallest absolute Gasteiger partial charge is 0.219 e. The van der Waals surface area contributed by atoms with Crippen molar-refractivity contribution in [2.75, 3.05) is 6.54 Å². The molecule has 3 aromatic rings. The van der Waals surface area contributed by atoms with Gasteiger partial charge in [-0.15, -0.1) is 0 Å². The predicted molar refractivity (Wildman–Crippen MR) is 110 cm³/mol. The largest absolute Gasteiger partial charge is 0.338 e. The number of hydrogen-bond donors (Lipinski definition) is 0. The summed E-state index contributed by atoms with van der Waals surface area (Å²) < 4.78 is 29.1. The van der Waals surface area contributed by atoms with Crippen LogP contribution in [0, 0.1) is 17.6 Å². The summed E-state index contributed by atoms with van der Waals surface area (Å²) in [5.74, 6) is -0.0402. The molecule has 1 atom stereocenters. The molecule has 4 nitrogen and oxygen atoms in total. The third-order valence-corrected chi connectivity index (χ3v) is 6.19. The molecule has 0 bridgehead atoms. The zero-order chi connectivity index (χ0) is 20.8. The first kappa shape index (κ1) is 19.0. The fourth-order valence-electron chi connectivity index (χ4n) is 4.47. The predicted octanol–water partition coefficient (Wildman–Crippen LogP) is 4.73. The van der Waals surface area contributed by atoms with E-state index in [2.05, 4.69) is 4.68 Å². The van der Waals surface area contributed by atoms with Gasteiger partial charge in [0.1, 0.15) is 11.6 Å². The van der Waals surface area contributed by atoms with E-state index in [-0.39, 0.29) is 23.6 Å². The Hall–Kier alpha value is -3.02. The highest BCUT2D eigenvalue weighted by atomic mass is 19.1. The van der Waals surface area contributed by atoms with Gasteiger partial charge in [0, 0.05) is 43.3 Å². The number of carbonyl (C=O) groups is 1. The van der Waals surface area contributed by atoms with Crippen molar-refractivity contribution in [3.8, 4) is 11.3 Å². The van der Waals surface area contributed by atoms with E-state index in [0.717, 1.165) is 40.9 Å². The maximum Gasteiger partial charge on any atom is 0.219 e. The Morgan fingerprint density at radius 3 is 2.27 bits per heavy atom. The monoisotopic (exact) mass is 407 g/mol. The number of fused-ring (bicyclic) bond motifs is 1. The minimum Gasteiger partial charge on any atom is -0.338 e. The molecule has 0 spiro atoms. The van der Waals surface area contributed by atoms with Crippen molar-refractivity contribution in [1.82, 2.24) is 14.7 Å². The summed E-state index contributed by atoms with van der Waals surface area (Å²) in [4.78, 5) is 13.9. The summed E-state index contributed by atoms with van der Waals surface area (Å²) in [6.45, 7) is 2.73. The summed E-state index contributed by atoms with van der Waals surface area (Å²) in [6, 6.07) is 13.1. The van der Waals surface area contributed by atoms with Crippen molar-refractivity contribution in [3.05, 3.63) is 77.0 Å². The van der Waals surface area contributed by atoms with E-state index in [1.165, 1.54) is 24.3 Å². The van der Waals surface area contributed by atoms with Crippen LogP contribution in [0.1, 0.15) is 42.6 Å². The highest BCUT2D eigenvalue weighted by molar-refractivity contribution is 5.74. The molecule has 1 amide bonds. The van der Waals surface area contributed by atoms with Crippen LogP contribution in [-0.4, -0.2) is 27.1 Å². The average Bonchev–Trinajstić information content (AvgIpc) is 3.51. The third-order valence-electron chi connectivity index (χ3n) is 6.19. The van der Waals surface area contributed by atoms with Crippen LogP contribution in [-0.2, 0) is 17.8 Å². The van der Waals surface area contributed by atoms with E-state index < -0.39 is 0 Å². The molecule has 6 heteroatoms. The minimum absolute atomic E-state index is 0.0377. The van der Waals surface area contributed by atoms with Gasteiger partial charge in [-0.1, -0.05) is 12.1 Å². The molecule has 1 saturated carbocycles. The summed E-state index contributed by atoms with van der Waals surface area (Å²) in [5.41, 5.74) is 4.82. The number of nitrogens with zero attached hydrogens (tertiary/aromatic N) is 3. The molecule has 1 unspecified atom stereocenters. The summed E-state index contributed by atoms with van der Waals surface area (Å²) in [7, 11) is 0. The lowest BCUT2D eigenvalue weighted by Crippen LogP contribution is -2.35. The first-order valence-corrected chi connectivity index (χ1v) is 10.4. The Kier molecular flexibility index (Phi) is 4.65. The van der Waals surface area contributed by atoms with Gasteiger partial charge in [-0.05, 0) is 60.7 Å². The summed E-state index contributed by atoms with van der Waals surface area (Å²) >= 11 is 0. The quantitative estimate of drug-likeness (QED) is 0.627. The first-order valence-electron chi connectivity index (χ1n) is 10.4. The molecule has 0 radical (unpaired) electrons. The van der Waals surface area contributed by atoms with Gasteiger partial charge in [0.05, 0.1) is 11.7 Å². The van der Waals surface area contributed by atoms with Crippen molar-refractivity contribution in [2.45, 2.75) is 38.8 Å². The molecule has 30 heavy (non-hydrogen) atoms. The Balaban J connectivity index is 1.65. The van der Waals surface area contributed by atoms with E-state index >= 15 is 0 Å². The van der Waals surface area contributed by atoms with Crippen LogP contribution in [0.4, 0.5) is 8.78 Å². The van der Waals surface area contributed by atoms with E-state index in [4.69, 9.17) is 5.10 Å². The Morgan fingerprint density at radius 2 is 1.67 bits per heavy atom.